The quantitative estimate of drug-likeness (QED) is 0.327. The molecule has 6 heteroatoms. The Hall–Kier alpha value is -4.26. The highest BCUT2D eigenvalue weighted by molar-refractivity contribution is 5.81. The third-order valence-electron chi connectivity index (χ3n) is 7.60. The van der Waals surface area contributed by atoms with Crippen LogP contribution < -0.4 is 4.74 Å². The number of esters is 2. The summed E-state index contributed by atoms with van der Waals surface area (Å²) >= 11 is 0. The van der Waals surface area contributed by atoms with Gasteiger partial charge in [-0.15, -0.1) is 0 Å². The minimum atomic E-state index is -0.480. The van der Waals surface area contributed by atoms with E-state index >= 15 is 0 Å². The molecule has 1 heterocycles. The first-order valence-electron chi connectivity index (χ1n) is 13.6. The zero-order valence-corrected chi connectivity index (χ0v) is 22.5. The molecule has 0 saturated carbocycles. The molecule has 0 N–H and O–H groups in total. The SMILES string of the molecule is C=CC(=O)OCC#Cc1ccc2c(c1)CC[C@H]1OCCOc3ccc4c(c3[C@@H]21)CC[C@H](C#CCOC(=O)C=C)C4. The molecule has 6 nitrogen and oxygen atoms in total. The van der Waals surface area contributed by atoms with Gasteiger partial charge in [0, 0.05) is 35.1 Å². The van der Waals surface area contributed by atoms with Crippen molar-refractivity contribution in [1.29, 1.82) is 0 Å². The van der Waals surface area contributed by atoms with Gasteiger partial charge in [-0.05, 0) is 72.6 Å². The van der Waals surface area contributed by atoms with E-state index in [1.165, 1.54) is 27.8 Å². The lowest BCUT2D eigenvalue weighted by Gasteiger charge is -2.39. The lowest BCUT2D eigenvalue weighted by Crippen LogP contribution is -2.34. The molecule has 204 valence electrons. The minimum absolute atomic E-state index is 0.0304. The molecule has 0 saturated heterocycles. The van der Waals surface area contributed by atoms with Gasteiger partial charge in [-0.3, -0.25) is 0 Å². The van der Waals surface area contributed by atoms with Crippen LogP contribution in [0.15, 0.2) is 55.6 Å². The average Bonchev–Trinajstić information content (AvgIpc) is 2.97. The molecule has 2 aromatic carbocycles. The third-order valence-corrected chi connectivity index (χ3v) is 7.60. The van der Waals surface area contributed by atoms with Gasteiger partial charge < -0.3 is 18.9 Å². The molecule has 0 amide bonds. The normalized spacial score (nSPS) is 20.4. The summed E-state index contributed by atoms with van der Waals surface area (Å²) in [5.74, 6) is 12.6. The second-order valence-electron chi connectivity index (χ2n) is 9.99. The van der Waals surface area contributed by atoms with E-state index < -0.39 is 11.9 Å². The molecule has 0 bridgehead atoms. The zero-order valence-electron chi connectivity index (χ0n) is 22.5. The summed E-state index contributed by atoms with van der Waals surface area (Å²) in [5.41, 5.74) is 7.28. The smallest absolute Gasteiger partial charge is 0.331 e. The molecule has 1 aliphatic heterocycles. The highest BCUT2D eigenvalue weighted by Gasteiger charge is 2.37. The molecule has 2 aromatic rings. The van der Waals surface area contributed by atoms with Crippen LogP contribution in [0.2, 0.25) is 0 Å². The summed E-state index contributed by atoms with van der Waals surface area (Å²) in [6, 6.07) is 10.6. The highest BCUT2D eigenvalue weighted by Crippen LogP contribution is 2.47. The summed E-state index contributed by atoms with van der Waals surface area (Å²) < 4.78 is 22.6. The molecule has 3 atom stereocenters. The number of fused-ring (bicyclic) bond motifs is 7. The first kappa shape index (κ1) is 27.3. The summed E-state index contributed by atoms with van der Waals surface area (Å²) in [6.07, 6.45) is 6.87. The maximum atomic E-state index is 11.3. The van der Waals surface area contributed by atoms with Crippen LogP contribution in [-0.2, 0) is 43.1 Å². The van der Waals surface area contributed by atoms with Gasteiger partial charge in [-0.1, -0.05) is 49.0 Å². The van der Waals surface area contributed by atoms with E-state index in [1.54, 1.807) is 0 Å². The van der Waals surface area contributed by atoms with Crippen LogP contribution in [0.4, 0.5) is 0 Å². The Kier molecular flexibility index (Phi) is 8.69. The van der Waals surface area contributed by atoms with E-state index in [-0.39, 0.29) is 31.2 Å². The van der Waals surface area contributed by atoms with Crippen molar-refractivity contribution in [3.05, 3.63) is 89.0 Å². The van der Waals surface area contributed by atoms with E-state index in [0.29, 0.717) is 13.2 Å². The molecule has 0 radical (unpaired) electrons. The highest BCUT2D eigenvalue weighted by atomic mass is 16.5. The zero-order chi connectivity index (χ0) is 27.9. The van der Waals surface area contributed by atoms with Crippen molar-refractivity contribution in [2.24, 2.45) is 5.92 Å². The largest absolute Gasteiger partial charge is 0.491 e. The number of benzene rings is 2. The number of carbonyl (C=O) groups excluding carboxylic acids is 2. The van der Waals surface area contributed by atoms with Gasteiger partial charge >= 0.3 is 11.9 Å². The van der Waals surface area contributed by atoms with Crippen molar-refractivity contribution < 1.29 is 28.5 Å². The third kappa shape index (κ3) is 6.14. The fourth-order valence-electron chi connectivity index (χ4n) is 5.85. The lowest BCUT2D eigenvalue weighted by molar-refractivity contribution is -0.137. The van der Waals surface area contributed by atoms with E-state index in [1.807, 2.05) is 6.07 Å². The number of rotatable bonds is 4. The molecular weight excluding hydrogens is 504 g/mol. The molecule has 0 unspecified atom stereocenters. The van der Waals surface area contributed by atoms with Crippen molar-refractivity contribution in [1.82, 2.24) is 0 Å². The molecular formula is C34H32O6. The molecule has 5 rings (SSSR count). The Morgan fingerprint density at radius 2 is 1.75 bits per heavy atom. The van der Waals surface area contributed by atoms with E-state index in [2.05, 4.69) is 61.1 Å². The molecule has 0 spiro atoms. The minimum Gasteiger partial charge on any atom is -0.491 e. The van der Waals surface area contributed by atoms with Gasteiger partial charge in [-0.2, -0.15) is 0 Å². The van der Waals surface area contributed by atoms with Gasteiger partial charge in [0.2, 0.25) is 0 Å². The fraction of sp³-hybridized carbons (Fsp3) is 0.353. The topological polar surface area (TPSA) is 71.1 Å². The Balaban J connectivity index is 1.43. The number of carbonyl (C=O) groups is 2. The van der Waals surface area contributed by atoms with Gasteiger partial charge in [-0.25, -0.2) is 9.59 Å². The van der Waals surface area contributed by atoms with Crippen molar-refractivity contribution in [3.8, 4) is 29.4 Å². The summed E-state index contributed by atoms with van der Waals surface area (Å²) in [4.78, 5) is 22.5. The van der Waals surface area contributed by atoms with Crippen molar-refractivity contribution in [2.75, 3.05) is 26.4 Å². The second kappa shape index (κ2) is 12.7. The summed E-state index contributed by atoms with van der Waals surface area (Å²) in [6.45, 7) is 8.01. The van der Waals surface area contributed by atoms with Crippen LogP contribution in [0.5, 0.6) is 5.75 Å². The van der Waals surface area contributed by atoms with Gasteiger partial charge in [0.05, 0.1) is 12.7 Å². The van der Waals surface area contributed by atoms with Crippen molar-refractivity contribution >= 4 is 11.9 Å². The maximum absolute atomic E-state index is 11.3. The van der Waals surface area contributed by atoms with Gasteiger partial charge in [0.15, 0.2) is 13.2 Å². The maximum Gasteiger partial charge on any atom is 0.331 e. The van der Waals surface area contributed by atoms with E-state index in [9.17, 15) is 9.59 Å². The monoisotopic (exact) mass is 536 g/mol. The molecule has 3 aliphatic rings. The molecule has 2 aliphatic carbocycles. The lowest BCUT2D eigenvalue weighted by atomic mass is 9.71. The summed E-state index contributed by atoms with van der Waals surface area (Å²) in [7, 11) is 0. The Labute approximate surface area is 235 Å². The van der Waals surface area contributed by atoms with Crippen LogP contribution in [0.25, 0.3) is 0 Å². The van der Waals surface area contributed by atoms with Gasteiger partial charge in [0.1, 0.15) is 12.4 Å². The average molecular weight is 537 g/mol. The van der Waals surface area contributed by atoms with Crippen LogP contribution in [0, 0.1) is 29.6 Å². The van der Waals surface area contributed by atoms with E-state index in [4.69, 9.17) is 18.9 Å². The second-order valence-corrected chi connectivity index (χ2v) is 9.99. The summed E-state index contributed by atoms with van der Waals surface area (Å²) in [5, 5.41) is 0. The predicted octanol–water partition coefficient (Wildman–Crippen LogP) is 4.46. The molecule has 0 aromatic heterocycles. The van der Waals surface area contributed by atoms with Crippen LogP contribution in [0.3, 0.4) is 0 Å². The Bertz CT molecular complexity index is 1450. The Morgan fingerprint density at radius 3 is 2.55 bits per heavy atom. The number of aryl methyl sites for hydroxylation is 1. The fourth-order valence-corrected chi connectivity index (χ4v) is 5.85. The van der Waals surface area contributed by atoms with Crippen LogP contribution >= 0.6 is 0 Å². The number of hydrogen-bond acceptors (Lipinski definition) is 6. The van der Waals surface area contributed by atoms with Crippen molar-refractivity contribution in [3.63, 3.8) is 0 Å². The number of ether oxygens (including phenoxy) is 4. The first-order valence-corrected chi connectivity index (χ1v) is 13.6. The first-order chi connectivity index (χ1) is 19.6. The number of hydrogen-bond donors (Lipinski definition) is 0. The van der Waals surface area contributed by atoms with Crippen molar-refractivity contribution in [2.45, 2.75) is 44.1 Å². The van der Waals surface area contributed by atoms with Gasteiger partial charge in [0.25, 0.3) is 0 Å². The molecule has 0 fully saturated rings. The van der Waals surface area contributed by atoms with Crippen LogP contribution in [0.1, 0.15) is 52.1 Å². The molecule has 40 heavy (non-hydrogen) atoms. The Morgan fingerprint density at radius 1 is 0.950 bits per heavy atom. The predicted molar refractivity (Wildman–Crippen MR) is 151 cm³/mol. The van der Waals surface area contributed by atoms with E-state index in [0.717, 1.165) is 55.6 Å². The van der Waals surface area contributed by atoms with Crippen LogP contribution in [-0.4, -0.2) is 44.5 Å². The standard InChI is InChI=1S/C34H32O6/c1-3-31(35)39-17-5-7-23-9-13-27-25(21-23)11-15-29-33(27)34-28-14-10-24(8-6-18-40-32(36)4-2)22-26(28)12-16-30(34)38-20-19-37-29/h3-4,9,12-13,16,21,24,29,33H,1-2,10-11,14-15,17-20,22H2/t24-,29+,33-/m0/s1.